The van der Waals surface area contributed by atoms with Gasteiger partial charge < -0.3 is 10.3 Å². The van der Waals surface area contributed by atoms with E-state index >= 15 is 0 Å². The van der Waals surface area contributed by atoms with Crippen molar-refractivity contribution in [2.45, 2.75) is 58.3 Å². The summed E-state index contributed by atoms with van der Waals surface area (Å²) in [7, 11) is 0. The highest BCUT2D eigenvalue weighted by Gasteiger charge is 2.12. The Balaban J connectivity index is 1.92. The van der Waals surface area contributed by atoms with Crippen molar-refractivity contribution in [1.82, 2.24) is 0 Å². The van der Waals surface area contributed by atoms with E-state index in [9.17, 15) is 10.3 Å². The predicted octanol–water partition coefficient (Wildman–Crippen LogP) is 5.91. The van der Waals surface area contributed by atoms with Crippen molar-refractivity contribution in [1.29, 1.82) is 0 Å². The maximum Gasteiger partial charge on any atom is 0.125 e. The fourth-order valence-electron chi connectivity index (χ4n) is 3.08. The molecular weight excluding hydrogens is 310 g/mol. The Bertz CT molecular complexity index is 665. The van der Waals surface area contributed by atoms with E-state index in [0.717, 1.165) is 24.0 Å². The lowest BCUT2D eigenvalue weighted by atomic mass is 9.98. The van der Waals surface area contributed by atoms with Crippen LogP contribution < -0.4 is 0 Å². The Kier molecular flexibility index (Phi) is 8.03. The van der Waals surface area contributed by atoms with Gasteiger partial charge in [0.2, 0.25) is 0 Å². The second kappa shape index (κ2) is 10.5. The molecule has 3 heteroatoms. The lowest BCUT2D eigenvalue weighted by molar-refractivity contribution is 0.319. The zero-order valence-electron chi connectivity index (χ0n) is 15.1. The van der Waals surface area contributed by atoms with Crippen LogP contribution in [-0.4, -0.2) is 16.0 Å². The molecule has 0 fully saturated rings. The average Bonchev–Trinajstić information content (AvgIpc) is 2.64. The van der Waals surface area contributed by atoms with Crippen molar-refractivity contribution >= 4 is 5.71 Å². The summed E-state index contributed by atoms with van der Waals surface area (Å²) in [5.41, 5.74) is 2.85. The number of phenols is 1. The third-order valence-corrected chi connectivity index (χ3v) is 4.53. The van der Waals surface area contributed by atoms with Crippen molar-refractivity contribution in [2.75, 3.05) is 0 Å². The molecule has 0 aliphatic carbocycles. The highest BCUT2D eigenvalue weighted by Crippen LogP contribution is 2.24. The first-order valence-corrected chi connectivity index (χ1v) is 9.36. The molecule has 2 rings (SSSR count). The summed E-state index contributed by atoms with van der Waals surface area (Å²) in [5, 5.41) is 23.1. The van der Waals surface area contributed by atoms with E-state index in [1.807, 2.05) is 42.5 Å². The second-order valence-electron chi connectivity index (χ2n) is 6.54. The van der Waals surface area contributed by atoms with Crippen LogP contribution in [0.1, 0.15) is 68.6 Å². The molecule has 2 aromatic rings. The molecule has 0 radical (unpaired) electrons. The normalized spacial score (nSPS) is 11.6. The lowest BCUT2D eigenvalue weighted by Crippen LogP contribution is -2.04. The number of phenolic OH excluding ortho intramolecular Hbond substituents is 1. The summed E-state index contributed by atoms with van der Waals surface area (Å²) in [4.78, 5) is 0. The molecule has 0 aliphatic rings. The first-order chi connectivity index (χ1) is 12.3. The number of aromatic hydroxyl groups is 1. The van der Waals surface area contributed by atoms with Gasteiger partial charge in [-0.2, -0.15) is 0 Å². The molecular formula is C22H29NO2. The Morgan fingerprint density at radius 3 is 2.20 bits per heavy atom. The van der Waals surface area contributed by atoms with Gasteiger partial charge in [-0.3, -0.25) is 0 Å². The average molecular weight is 339 g/mol. The minimum atomic E-state index is 0.164. The smallest absolute Gasteiger partial charge is 0.125 e. The first-order valence-electron chi connectivity index (χ1n) is 9.36. The van der Waals surface area contributed by atoms with E-state index < -0.39 is 0 Å². The van der Waals surface area contributed by atoms with Crippen molar-refractivity contribution in [3.8, 4) is 5.75 Å². The number of oxime groups is 1. The summed E-state index contributed by atoms with van der Waals surface area (Å²) < 4.78 is 0. The molecule has 0 atom stereocenters. The van der Waals surface area contributed by atoms with Gasteiger partial charge in [0.1, 0.15) is 11.5 Å². The molecule has 134 valence electrons. The zero-order chi connectivity index (χ0) is 17.9. The summed E-state index contributed by atoms with van der Waals surface area (Å²) in [6.45, 7) is 2.24. The Hall–Kier alpha value is -2.29. The number of aryl methyl sites for hydroxylation is 1. The first kappa shape index (κ1) is 19.0. The number of rotatable bonds is 10. The highest BCUT2D eigenvalue weighted by atomic mass is 16.4. The van der Waals surface area contributed by atoms with Gasteiger partial charge in [0.05, 0.1) is 0 Å². The summed E-state index contributed by atoms with van der Waals surface area (Å²) in [6.07, 6.45) is 9.93. The molecule has 0 heterocycles. The van der Waals surface area contributed by atoms with Gasteiger partial charge in [0.15, 0.2) is 0 Å². The quantitative estimate of drug-likeness (QED) is 0.245. The summed E-state index contributed by atoms with van der Waals surface area (Å²) in [6, 6.07) is 15.0. The van der Waals surface area contributed by atoms with Gasteiger partial charge in [-0.25, -0.2) is 0 Å². The van der Waals surface area contributed by atoms with E-state index in [0.29, 0.717) is 11.3 Å². The molecule has 0 aromatic heterocycles. The Labute approximate surface area is 151 Å². The summed E-state index contributed by atoms with van der Waals surface area (Å²) >= 11 is 0. The van der Waals surface area contributed by atoms with Gasteiger partial charge >= 0.3 is 0 Å². The summed E-state index contributed by atoms with van der Waals surface area (Å²) in [5.74, 6) is 0.164. The van der Waals surface area contributed by atoms with Crippen LogP contribution >= 0.6 is 0 Å². The van der Waals surface area contributed by atoms with Crippen LogP contribution in [0.25, 0.3) is 0 Å². The van der Waals surface area contributed by atoms with E-state index in [1.54, 1.807) is 6.07 Å². The number of unbranched alkanes of at least 4 members (excludes halogenated alkanes) is 6. The maximum atomic E-state index is 10.4. The van der Waals surface area contributed by atoms with Crippen LogP contribution in [0.2, 0.25) is 0 Å². The van der Waals surface area contributed by atoms with Gasteiger partial charge in [0.25, 0.3) is 0 Å². The van der Waals surface area contributed by atoms with E-state index in [-0.39, 0.29) is 5.75 Å². The Morgan fingerprint density at radius 1 is 0.880 bits per heavy atom. The largest absolute Gasteiger partial charge is 0.507 e. The molecule has 0 bridgehead atoms. The van der Waals surface area contributed by atoms with Crippen LogP contribution in [-0.2, 0) is 6.42 Å². The van der Waals surface area contributed by atoms with Gasteiger partial charge in [-0.15, -0.1) is 0 Å². The molecule has 0 amide bonds. The molecule has 2 aromatic carbocycles. The van der Waals surface area contributed by atoms with Crippen molar-refractivity contribution in [3.05, 3.63) is 65.2 Å². The fourth-order valence-corrected chi connectivity index (χ4v) is 3.08. The number of nitrogens with zero attached hydrogens (tertiary/aromatic N) is 1. The van der Waals surface area contributed by atoms with Gasteiger partial charge in [-0.05, 0) is 30.5 Å². The molecule has 0 spiro atoms. The SMILES string of the molecule is CCCCCCCCCc1ccc(/C(=N/O)c2ccccc2)c(O)c1. The molecule has 25 heavy (non-hydrogen) atoms. The van der Waals surface area contributed by atoms with E-state index in [1.165, 1.54) is 38.5 Å². The van der Waals surface area contributed by atoms with Crippen LogP contribution in [0.3, 0.4) is 0 Å². The Morgan fingerprint density at radius 2 is 1.56 bits per heavy atom. The lowest BCUT2D eigenvalue weighted by Gasteiger charge is -2.09. The number of benzene rings is 2. The minimum Gasteiger partial charge on any atom is -0.507 e. The van der Waals surface area contributed by atoms with Crippen LogP contribution in [0.4, 0.5) is 0 Å². The zero-order valence-corrected chi connectivity index (χ0v) is 15.1. The van der Waals surface area contributed by atoms with Crippen molar-refractivity contribution < 1.29 is 10.3 Å². The monoisotopic (exact) mass is 339 g/mol. The standard InChI is InChI=1S/C22H29NO2/c1-2-3-4-5-6-7-9-12-18-15-16-20(21(24)17-18)22(23-25)19-13-10-8-11-14-19/h8,10-11,13-17,24-25H,2-7,9,12H2,1H3/b23-22+. The molecule has 0 saturated carbocycles. The fraction of sp³-hybridized carbons (Fsp3) is 0.409. The van der Waals surface area contributed by atoms with Crippen LogP contribution in [0, 0.1) is 0 Å². The molecule has 0 unspecified atom stereocenters. The predicted molar refractivity (Wildman–Crippen MR) is 104 cm³/mol. The molecule has 0 saturated heterocycles. The maximum absolute atomic E-state index is 10.4. The topological polar surface area (TPSA) is 52.8 Å². The van der Waals surface area contributed by atoms with Gasteiger partial charge in [-0.1, -0.05) is 87.0 Å². The minimum absolute atomic E-state index is 0.164. The highest BCUT2D eigenvalue weighted by molar-refractivity contribution is 6.14. The van der Waals surface area contributed by atoms with Crippen LogP contribution in [0.5, 0.6) is 5.75 Å². The molecule has 0 aliphatic heterocycles. The van der Waals surface area contributed by atoms with Gasteiger partial charge in [0, 0.05) is 11.1 Å². The third-order valence-electron chi connectivity index (χ3n) is 4.53. The number of hydrogen-bond acceptors (Lipinski definition) is 3. The van der Waals surface area contributed by atoms with Crippen molar-refractivity contribution in [3.63, 3.8) is 0 Å². The molecule has 2 N–H and O–H groups in total. The second-order valence-corrected chi connectivity index (χ2v) is 6.54. The number of hydrogen-bond donors (Lipinski definition) is 2. The third kappa shape index (κ3) is 5.93. The van der Waals surface area contributed by atoms with Crippen LogP contribution in [0.15, 0.2) is 53.7 Å². The molecule has 3 nitrogen and oxygen atoms in total. The van der Waals surface area contributed by atoms with E-state index in [4.69, 9.17) is 0 Å². The van der Waals surface area contributed by atoms with E-state index in [2.05, 4.69) is 12.1 Å². The van der Waals surface area contributed by atoms with Crippen molar-refractivity contribution in [2.24, 2.45) is 5.16 Å².